The maximum absolute atomic E-state index is 4.60. The molecule has 0 amide bonds. The molecule has 0 aliphatic heterocycles. The third kappa shape index (κ3) is 4.36. The number of nitrogens with zero attached hydrogens (tertiary/aromatic N) is 2. The minimum atomic E-state index is 0.564. The summed E-state index contributed by atoms with van der Waals surface area (Å²) >= 11 is 1.91. The number of nitrogens with one attached hydrogen (secondary N) is 1. The van der Waals surface area contributed by atoms with Gasteiger partial charge in [0.25, 0.3) is 0 Å². The van der Waals surface area contributed by atoms with E-state index in [0.29, 0.717) is 6.04 Å². The number of likely N-dealkylation sites (N-methyl/N-ethyl adjacent to an activating group) is 1. The first-order valence-electron chi connectivity index (χ1n) is 6.46. The first-order valence-corrected chi connectivity index (χ1v) is 7.86. The van der Waals surface area contributed by atoms with Gasteiger partial charge in [-0.25, -0.2) is 0 Å². The number of hydrogen-bond donors (Lipinski definition) is 1. The highest BCUT2D eigenvalue weighted by Gasteiger charge is 2.12. The summed E-state index contributed by atoms with van der Waals surface area (Å²) in [5.41, 5.74) is 2.58. The van der Waals surface area contributed by atoms with Gasteiger partial charge < -0.3 is 5.32 Å². The van der Waals surface area contributed by atoms with Crippen molar-refractivity contribution >= 4 is 11.8 Å². The molecular formula is C13H25N3S. The van der Waals surface area contributed by atoms with Crippen molar-refractivity contribution in [3.63, 3.8) is 0 Å². The lowest BCUT2D eigenvalue weighted by Gasteiger charge is -2.16. The maximum atomic E-state index is 4.60. The molecule has 0 spiro atoms. The second-order valence-electron chi connectivity index (χ2n) is 4.27. The van der Waals surface area contributed by atoms with Crippen molar-refractivity contribution in [1.82, 2.24) is 15.1 Å². The summed E-state index contributed by atoms with van der Waals surface area (Å²) in [4.78, 5) is 0. The SMILES string of the molecule is CCc1cc(CC(CCSC)NC)n(CC)n1. The number of aryl methyl sites for hydroxylation is 2. The van der Waals surface area contributed by atoms with Crippen LogP contribution in [0.5, 0.6) is 0 Å². The van der Waals surface area contributed by atoms with E-state index < -0.39 is 0 Å². The topological polar surface area (TPSA) is 29.9 Å². The molecule has 1 atom stereocenters. The number of thioether (sulfide) groups is 1. The molecule has 0 radical (unpaired) electrons. The second-order valence-corrected chi connectivity index (χ2v) is 5.25. The zero-order valence-electron chi connectivity index (χ0n) is 11.5. The Morgan fingerprint density at radius 1 is 1.47 bits per heavy atom. The Labute approximate surface area is 109 Å². The molecule has 0 fully saturated rings. The van der Waals surface area contributed by atoms with E-state index in [1.54, 1.807) is 0 Å². The Bertz CT molecular complexity index is 322. The normalized spacial score (nSPS) is 12.9. The van der Waals surface area contributed by atoms with Crippen LogP contribution >= 0.6 is 11.8 Å². The summed E-state index contributed by atoms with van der Waals surface area (Å²) in [6, 6.07) is 2.82. The molecule has 1 N–H and O–H groups in total. The molecule has 0 aliphatic carbocycles. The molecule has 3 nitrogen and oxygen atoms in total. The Hall–Kier alpha value is -0.480. The van der Waals surface area contributed by atoms with Crippen LogP contribution < -0.4 is 5.32 Å². The molecule has 1 aromatic heterocycles. The van der Waals surface area contributed by atoms with Gasteiger partial charge in [0.1, 0.15) is 0 Å². The van der Waals surface area contributed by atoms with Crippen molar-refractivity contribution in [1.29, 1.82) is 0 Å². The van der Waals surface area contributed by atoms with Crippen LogP contribution in [0.4, 0.5) is 0 Å². The smallest absolute Gasteiger partial charge is 0.0624 e. The van der Waals surface area contributed by atoms with Gasteiger partial charge >= 0.3 is 0 Å². The van der Waals surface area contributed by atoms with Crippen LogP contribution in [0.1, 0.15) is 31.7 Å². The van der Waals surface area contributed by atoms with E-state index in [1.165, 1.54) is 23.6 Å². The van der Waals surface area contributed by atoms with Gasteiger partial charge in [-0.2, -0.15) is 16.9 Å². The molecule has 0 aromatic carbocycles. The minimum Gasteiger partial charge on any atom is -0.317 e. The molecule has 4 heteroatoms. The van der Waals surface area contributed by atoms with E-state index in [-0.39, 0.29) is 0 Å². The Morgan fingerprint density at radius 2 is 2.24 bits per heavy atom. The standard InChI is InChI=1S/C13H25N3S/c1-5-11-9-13(16(6-2)15-11)10-12(14-3)7-8-17-4/h9,12,14H,5-8,10H2,1-4H3. The fourth-order valence-corrected chi connectivity index (χ4v) is 2.51. The minimum absolute atomic E-state index is 0.564. The van der Waals surface area contributed by atoms with Gasteiger partial charge in [-0.3, -0.25) is 4.68 Å². The average Bonchev–Trinajstić information content (AvgIpc) is 2.76. The first kappa shape index (κ1) is 14.6. The molecule has 98 valence electrons. The highest BCUT2D eigenvalue weighted by molar-refractivity contribution is 7.98. The first-order chi connectivity index (χ1) is 8.24. The zero-order chi connectivity index (χ0) is 12.7. The van der Waals surface area contributed by atoms with E-state index in [9.17, 15) is 0 Å². The van der Waals surface area contributed by atoms with Crippen LogP contribution in [0.15, 0.2) is 6.07 Å². The summed E-state index contributed by atoms with van der Waals surface area (Å²) < 4.78 is 2.14. The Kier molecular flexibility index (Phi) is 6.66. The molecule has 1 heterocycles. The predicted octanol–water partition coefficient (Wildman–Crippen LogP) is 2.35. The fourth-order valence-electron chi connectivity index (χ4n) is 1.99. The highest BCUT2D eigenvalue weighted by atomic mass is 32.2. The van der Waals surface area contributed by atoms with E-state index in [2.05, 4.69) is 48.3 Å². The number of hydrogen-bond acceptors (Lipinski definition) is 3. The summed E-state index contributed by atoms with van der Waals surface area (Å²) in [5.74, 6) is 1.21. The van der Waals surface area contributed by atoms with Crippen LogP contribution in [0.3, 0.4) is 0 Å². The molecule has 0 saturated carbocycles. The lowest BCUT2D eigenvalue weighted by atomic mass is 10.1. The third-order valence-corrected chi connectivity index (χ3v) is 3.75. The van der Waals surface area contributed by atoms with Crippen LogP contribution in [-0.2, 0) is 19.4 Å². The van der Waals surface area contributed by atoms with Crippen LogP contribution in [0.25, 0.3) is 0 Å². The van der Waals surface area contributed by atoms with Gasteiger partial charge in [0.15, 0.2) is 0 Å². The lowest BCUT2D eigenvalue weighted by Crippen LogP contribution is -2.29. The predicted molar refractivity (Wildman–Crippen MR) is 76.8 cm³/mol. The molecular weight excluding hydrogens is 230 g/mol. The summed E-state index contributed by atoms with van der Waals surface area (Å²) in [6.45, 7) is 5.29. The fraction of sp³-hybridized carbons (Fsp3) is 0.769. The van der Waals surface area contributed by atoms with Crippen molar-refractivity contribution in [3.05, 3.63) is 17.5 Å². The highest BCUT2D eigenvalue weighted by Crippen LogP contribution is 2.11. The van der Waals surface area contributed by atoms with E-state index >= 15 is 0 Å². The molecule has 0 bridgehead atoms. The van der Waals surface area contributed by atoms with Crippen LogP contribution in [0.2, 0.25) is 0 Å². The van der Waals surface area contributed by atoms with Gasteiger partial charge in [-0.05, 0) is 44.9 Å². The van der Waals surface area contributed by atoms with Gasteiger partial charge in [0.05, 0.1) is 5.69 Å². The summed E-state index contributed by atoms with van der Waals surface area (Å²) in [5, 5.41) is 8.01. The van der Waals surface area contributed by atoms with Crippen molar-refractivity contribution in [2.24, 2.45) is 0 Å². The van der Waals surface area contributed by atoms with E-state index in [1.807, 2.05) is 11.8 Å². The van der Waals surface area contributed by atoms with Gasteiger partial charge in [-0.1, -0.05) is 6.92 Å². The second kappa shape index (κ2) is 7.77. The average molecular weight is 255 g/mol. The summed E-state index contributed by atoms with van der Waals surface area (Å²) in [6.07, 6.45) is 5.49. The molecule has 17 heavy (non-hydrogen) atoms. The third-order valence-electron chi connectivity index (χ3n) is 3.11. The number of rotatable bonds is 8. The van der Waals surface area contributed by atoms with Gasteiger partial charge in [0, 0.05) is 24.7 Å². The molecule has 0 saturated heterocycles. The van der Waals surface area contributed by atoms with Crippen molar-refractivity contribution in [3.8, 4) is 0 Å². The van der Waals surface area contributed by atoms with Crippen molar-refractivity contribution in [2.75, 3.05) is 19.1 Å². The van der Waals surface area contributed by atoms with Crippen LogP contribution in [-0.4, -0.2) is 34.9 Å². The van der Waals surface area contributed by atoms with Gasteiger partial charge in [-0.15, -0.1) is 0 Å². The maximum Gasteiger partial charge on any atom is 0.0624 e. The quantitative estimate of drug-likeness (QED) is 0.773. The Morgan fingerprint density at radius 3 is 2.76 bits per heavy atom. The monoisotopic (exact) mass is 255 g/mol. The van der Waals surface area contributed by atoms with E-state index in [0.717, 1.165) is 19.4 Å². The molecule has 1 rings (SSSR count). The molecule has 1 unspecified atom stereocenters. The zero-order valence-corrected chi connectivity index (χ0v) is 12.3. The largest absolute Gasteiger partial charge is 0.317 e. The van der Waals surface area contributed by atoms with Crippen LogP contribution in [0, 0.1) is 0 Å². The number of aromatic nitrogens is 2. The molecule has 0 aliphatic rings. The van der Waals surface area contributed by atoms with Crippen molar-refractivity contribution < 1.29 is 0 Å². The van der Waals surface area contributed by atoms with Gasteiger partial charge in [0.2, 0.25) is 0 Å². The summed E-state index contributed by atoms with van der Waals surface area (Å²) in [7, 11) is 2.05. The lowest BCUT2D eigenvalue weighted by molar-refractivity contribution is 0.513. The Balaban J connectivity index is 2.67. The van der Waals surface area contributed by atoms with Crippen molar-refractivity contribution in [2.45, 2.75) is 45.7 Å². The molecule has 1 aromatic rings. The van der Waals surface area contributed by atoms with E-state index in [4.69, 9.17) is 0 Å².